The first-order valence-corrected chi connectivity index (χ1v) is 6.36. The van der Waals surface area contributed by atoms with Gasteiger partial charge in [0.25, 0.3) is 0 Å². The summed E-state index contributed by atoms with van der Waals surface area (Å²) in [5.41, 5.74) is 3.99. The summed E-state index contributed by atoms with van der Waals surface area (Å²) in [6, 6.07) is 0. The number of aromatic nitrogens is 1. The van der Waals surface area contributed by atoms with E-state index >= 15 is 0 Å². The van der Waals surface area contributed by atoms with Crippen LogP contribution in [0.25, 0.3) is 0 Å². The molecular weight excluding hydrogens is 190 g/mol. The van der Waals surface area contributed by atoms with Gasteiger partial charge in [-0.2, -0.15) is 0 Å². The van der Waals surface area contributed by atoms with Crippen LogP contribution in [0.15, 0.2) is 11.1 Å². The van der Waals surface area contributed by atoms with Gasteiger partial charge in [0.05, 0.1) is 0 Å². The molecule has 0 aliphatic rings. The second kappa shape index (κ2) is 4.83. The molecule has 0 aliphatic heterocycles. The van der Waals surface area contributed by atoms with Crippen molar-refractivity contribution in [1.29, 1.82) is 0 Å². The van der Waals surface area contributed by atoms with E-state index in [-0.39, 0.29) is 0 Å². The van der Waals surface area contributed by atoms with E-state index in [1.54, 1.807) is 0 Å². The van der Waals surface area contributed by atoms with Crippen LogP contribution in [-0.2, 0) is 6.42 Å². The molecule has 2 heteroatoms. The zero-order valence-electron chi connectivity index (χ0n) is 9.72. The number of thioether (sulfide) groups is 1. The van der Waals surface area contributed by atoms with E-state index in [9.17, 15) is 0 Å². The zero-order chi connectivity index (χ0) is 10.7. The van der Waals surface area contributed by atoms with Crippen LogP contribution in [0.3, 0.4) is 0 Å². The van der Waals surface area contributed by atoms with Gasteiger partial charge in [-0.25, -0.2) is 0 Å². The molecule has 0 atom stereocenters. The molecule has 0 bridgehead atoms. The third-order valence-electron chi connectivity index (χ3n) is 2.55. The van der Waals surface area contributed by atoms with Crippen molar-refractivity contribution in [3.05, 3.63) is 23.0 Å². The molecule has 0 unspecified atom stereocenters. The third-order valence-corrected chi connectivity index (χ3v) is 3.44. The summed E-state index contributed by atoms with van der Waals surface area (Å²) in [5, 5.41) is 0. The van der Waals surface area contributed by atoms with E-state index in [2.05, 4.69) is 38.9 Å². The van der Waals surface area contributed by atoms with Crippen molar-refractivity contribution in [3.63, 3.8) is 0 Å². The Labute approximate surface area is 91.3 Å². The van der Waals surface area contributed by atoms with Crippen molar-refractivity contribution in [2.75, 3.05) is 6.26 Å². The smallest absolute Gasteiger partial charge is 0.0415 e. The summed E-state index contributed by atoms with van der Waals surface area (Å²) in [6.07, 6.45) is 5.26. The lowest BCUT2D eigenvalue weighted by Crippen LogP contribution is -2.00. The average Bonchev–Trinajstić information content (AvgIpc) is 2.16. The normalized spacial score (nSPS) is 11.0. The number of hydrogen-bond donors (Lipinski definition) is 0. The monoisotopic (exact) mass is 209 g/mol. The Hall–Kier alpha value is -0.500. The molecule has 78 valence electrons. The van der Waals surface area contributed by atoms with Crippen molar-refractivity contribution >= 4 is 11.8 Å². The van der Waals surface area contributed by atoms with E-state index in [1.165, 1.54) is 21.7 Å². The standard InChI is InChI=1S/C12H19NS/c1-6-10-9(4)13-7-11(8(2)3)12(10)14-5/h7-8H,6H2,1-5H3. The van der Waals surface area contributed by atoms with Crippen molar-refractivity contribution < 1.29 is 0 Å². The molecule has 14 heavy (non-hydrogen) atoms. The van der Waals surface area contributed by atoms with Crippen LogP contribution in [-0.4, -0.2) is 11.2 Å². The molecule has 1 nitrogen and oxygen atoms in total. The Bertz CT molecular complexity index is 318. The minimum atomic E-state index is 0.566. The number of rotatable bonds is 3. The Morgan fingerprint density at radius 2 is 2.07 bits per heavy atom. The lowest BCUT2D eigenvalue weighted by atomic mass is 10.0. The Kier molecular flexibility index (Phi) is 3.99. The molecule has 0 aromatic carbocycles. The van der Waals surface area contributed by atoms with Crippen LogP contribution in [0.5, 0.6) is 0 Å². The van der Waals surface area contributed by atoms with Crippen molar-refractivity contribution in [3.8, 4) is 0 Å². The van der Waals surface area contributed by atoms with Gasteiger partial charge in [-0.3, -0.25) is 4.98 Å². The van der Waals surface area contributed by atoms with Gasteiger partial charge >= 0.3 is 0 Å². The van der Waals surface area contributed by atoms with Gasteiger partial charge in [0.15, 0.2) is 0 Å². The summed E-state index contributed by atoms with van der Waals surface area (Å²) in [7, 11) is 0. The SMILES string of the molecule is CCc1c(C)ncc(C(C)C)c1SC. The van der Waals surface area contributed by atoms with Crippen molar-refractivity contribution in [1.82, 2.24) is 4.98 Å². The number of hydrogen-bond acceptors (Lipinski definition) is 2. The highest BCUT2D eigenvalue weighted by molar-refractivity contribution is 7.98. The van der Waals surface area contributed by atoms with Crippen molar-refractivity contribution in [2.24, 2.45) is 0 Å². The minimum Gasteiger partial charge on any atom is -0.261 e. The molecule has 0 radical (unpaired) electrons. The van der Waals surface area contributed by atoms with E-state index < -0.39 is 0 Å². The maximum Gasteiger partial charge on any atom is 0.0415 e. The lowest BCUT2D eigenvalue weighted by Gasteiger charge is -2.15. The molecule has 0 fully saturated rings. The number of aryl methyl sites for hydroxylation is 1. The largest absolute Gasteiger partial charge is 0.261 e. The van der Waals surface area contributed by atoms with Crippen LogP contribution in [0, 0.1) is 6.92 Å². The summed E-state index contributed by atoms with van der Waals surface area (Å²) in [6.45, 7) is 8.76. The van der Waals surface area contributed by atoms with Gasteiger partial charge < -0.3 is 0 Å². The molecule has 1 aromatic heterocycles. The zero-order valence-corrected chi connectivity index (χ0v) is 10.5. The predicted octanol–water partition coefficient (Wildman–Crippen LogP) is 3.80. The Balaban J connectivity index is 3.33. The summed E-state index contributed by atoms with van der Waals surface area (Å²) in [4.78, 5) is 5.91. The fourth-order valence-corrected chi connectivity index (χ4v) is 2.77. The molecule has 0 aliphatic carbocycles. The fraction of sp³-hybridized carbons (Fsp3) is 0.583. The first kappa shape index (κ1) is 11.6. The lowest BCUT2D eigenvalue weighted by molar-refractivity contribution is 0.812. The topological polar surface area (TPSA) is 12.9 Å². The van der Waals surface area contributed by atoms with E-state index in [0.717, 1.165) is 6.42 Å². The second-order valence-corrected chi connectivity index (χ2v) is 4.64. The van der Waals surface area contributed by atoms with Gasteiger partial charge in [0.2, 0.25) is 0 Å². The number of pyridine rings is 1. The predicted molar refractivity (Wildman–Crippen MR) is 64.2 cm³/mol. The Morgan fingerprint density at radius 1 is 1.43 bits per heavy atom. The highest BCUT2D eigenvalue weighted by atomic mass is 32.2. The quantitative estimate of drug-likeness (QED) is 0.702. The molecule has 1 heterocycles. The van der Waals surface area contributed by atoms with Crippen LogP contribution in [0.1, 0.15) is 43.5 Å². The van der Waals surface area contributed by atoms with Gasteiger partial charge in [-0.15, -0.1) is 11.8 Å². The van der Waals surface area contributed by atoms with Gasteiger partial charge in [0.1, 0.15) is 0 Å². The van der Waals surface area contributed by atoms with Crippen LogP contribution < -0.4 is 0 Å². The molecule has 0 spiro atoms. The average molecular weight is 209 g/mol. The van der Waals surface area contributed by atoms with Gasteiger partial charge in [0, 0.05) is 16.8 Å². The maximum absolute atomic E-state index is 4.47. The van der Waals surface area contributed by atoms with E-state index in [0.29, 0.717) is 5.92 Å². The molecule has 0 saturated heterocycles. The highest BCUT2D eigenvalue weighted by Crippen LogP contribution is 2.31. The van der Waals surface area contributed by atoms with Gasteiger partial charge in [-0.05, 0) is 36.6 Å². The van der Waals surface area contributed by atoms with Crippen LogP contribution in [0.4, 0.5) is 0 Å². The van der Waals surface area contributed by atoms with Crippen LogP contribution in [0.2, 0.25) is 0 Å². The van der Waals surface area contributed by atoms with Gasteiger partial charge in [-0.1, -0.05) is 20.8 Å². The number of nitrogens with zero attached hydrogens (tertiary/aromatic N) is 1. The second-order valence-electron chi connectivity index (χ2n) is 3.82. The molecule has 0 saturated carbocycles. The highest BCUT2D eigenvalue weighted by Gasteiger charge is 2.12. The van der Waals surface area contributed by atoms with Crippen LogP contribution >= 0.6 is 11.8 Å². The summed E-state index contributed by atoms with van der Waals surface area (Å²) < 4.78 is 0. The van der Waals surface area contributed by atoms with E-state index in [4.69, 9.17) is 0 Å². The summed E-state index contributed by atoms with van der Waals surface area (Å²) in [5.74, 6) is 0.566. The molecule has 0 N–H and O–H groups in total. The minimum absolute atomic E-state index is 0.566. The Morgan fingerprint density at radius 3 is 2.50 bits per heavy atom. The third kappa shape index (κ3) is 2.11. The van der Waals surface area contributed by atoms with Crippen molar-refractivity contribution in [2.45, 2.75) is 44.9 Å². The molecule has 1 aromatic rings. The maximum atomic E-state index is 4.47. The summed E-state index contributed by atoms with van der Waals surface area (Å²) >= 11 is 1.85. The van der Waals surface area contributed by atoms with E-state index in [1.807, 2.05) is 18.0 Å². The fourth-order valence-electron chi connectivity index (χ4n) is 1.71. The first-order chi connectivity index (χ1) is 6.61. The first-order valence-electron chi connectivity index (χ1n) is 5.14. The molecule has 1 rings (SSSR count). The molecular formula is C12H19NS. The molecule has 0 amide bonds.